The minimum Gasteiger partial charge on any atom is -0.373 e. The van der Waals surface area contributed by atoms with Crippen molar-refractivity contribution in [3.63, 3.8) is 0 Å². The molecule has 0 bridgehead atoms. The number of benzene rings is 2. The van der Waals surface area contributed by atoms with E-state index in [1.807, 2.05) is 0 Å². The highest BCUT2D eigenvalue weighted by molar-refractivity contribution is 5.82. The minimum atomic E-state index is 0.538. The normalized spacial score (nSPS) is 19.3. The summed E-state index contributed by atoms with van der Waals surface area (Å²) in [6, 6.07) is 15.2. The first kappa shape index (κ1) is 8.93. The van der Waals surface area contributed by atoms with Gasteiger partial charge in [0, 0.05) is 0 Å². The van der Waals surface area contributed by atoms with Crippen LogP contribution in [0.4, 0.5) is 0 Å². The molecule has 1 saturated heterocycles. The van der Waals surface area contributed by atoms with Crippen LogP contribution >= 0.6 is 0 Å². The summed E-state index contributed by atoms with van der Waals surface area (Å²) in [5, 5.41) is 2.66. The first-order valence-electron chi connectivity index (χ1n) is 5.51. The van der Waals surface area contributed by atoms with Crippen LogP contribution < -0.4 is 0 Å². The first-order chi connectivity index (χ1) is 7.42. The zero-order chi connectivity index (χ0) is 10.1. The molecular weight excluding hydrogens is 184 g/mol. The standard InChI is InChI=1S/C14H14O/c1-2-4-13-9-11(5-7-12(13)3-1)6-8-14-10-15-14/h1-5,7,9,14H,6,8,10H2. The predicted molar refractivity (Wildman–Crippen MR) is 62.0 cm³/mol. The lowest BCUT2D eigenvalue weighted by Gasteiger charge is -2.02. The molecule has 1 atom stereocenters. The summed E-state index contributed by atoms with van der Waals surface area (Å²) in [5.41, 5.74) is 1.42. The summed E-state index contributed by atoms with van der Waals surface area (Å²) in [4.78, 5) is 0. The second-order valence-corrected chi connectivity index (χ2v) is 4.18. The largest absolute Gasteiger partial charge is 0.373 e. The summed E-state index contributed by atoms with van der Waals surface area (Å²) in [6.45, 7) is 0.966. The molecule has 0 aliphatic carbocycles. The van der Waals surface area contributed by atoms with Crippen molar-refractivity contribution < 1.29 is 4.74 Å². The van der Waals surface area contributed by atoms with Crippen molar-refractivity contribution in [3.05, 3.63) is 48.0 Å². The molecule has 1 heterocycles. The van der Waals surface area contributed by atoms with Crippen molar-refractivity contribution in [1.29, 1.82) is 0 Å². The number of fused-ring (bicyclic) bond motifs is 1. The van der Waals surface area contributed by atoms with E-state index in [1.54, 1.807) is 0 Å². The van der Waals surface area contributed by atoms with Gasteiger partial charge in [0.25, 0.3) is 0 Å². The quantitative estimate of drug-likeness (QED) is 0.690. The van der Waals surface area contributed by atoms with Gasteiger partial charge in [0.2, 0.25) is 0 Å². The van der Waals surface area contributed by atoms with Gasteiger partial charge in [-0.3, -0.25) is 0 Å². The van der Waals surface area contributed by atoms with E-state index in [1.165, 1.54) is 22.8 Å². The van der Waals surface area contributed by atoms with E-state index in [4.69, 9.17) is 4.74 Å². The molecule has 0 radical (unpaired) electrons. The van der Waals surface area contributed by atoms with Crippen LogP contribution in [-0.2, 0) is 11.2 Å². The average Bonchev–Trinajstić information content (AvgIpc) is 3.10. The molecule has 76 valence electrons. The number of hydrogen-bond donors (Lipinski definition) is 0. The molecule has 1 aliphatic rings. The third-order valence-corrected chi connectivity index (χ3v) is 2.97. The highest BCUT2D eigenvalue weighted by Gasteiger charge is 2.21. The molecule has 1 unspecified atom stereocenters. The van der Waals surface area contributed by atoms with Crippen molar-refractivity contribution in [3.8, 4) is 0 Å². The highest BCUT2D eigenvalue weighted by atomic mass is 16.6. The van der Waals surface area contributed by atoms with E-state index in [2.05, 4.69) is 42.5 Å². The Morgan fingerprint density at radius 3 is 2.67 bits per heavy atom. The molecule has 1 heteroatoms. The fourth-order valence-electron chi connectivity index (χ4n) is 1.96. The Hall–Kier alpha value is -1.34. The number of ether oxygens (including phenoxy) is 1. The monoisotopic (exact) mass is 198 g/mol. The van der Waals surface area contributed by atoms with E-state index in [0.29, 0.717) is 6.10 Å². The van der Waals surface area contributed by atoms with Gasteiger partial charge in [0.05, 0.1) is 12.7 Å². The SMILES string of the molecule is c1ccc2cc(CCC3CO3)ccc2c1. The summed E-state index contributed by atoms with van der Waals surface area (Å²) in [5.74, 6) is 0. The summed E-state index contributed by atoms with van der Waals surface area (Å²) in [7, 11) is 0. The van der Waals surface area contributed by atoms with Gasteiger partial charge in [-0.15, -0.1) is 0 Å². The summed E-state index contributed by atoms with van der Waals surface area (Å²) < 4.78 is 5.22. The van der Waals surface area contributed by atoms with Crippen LogP contribution in [-0.4, -0.2) is 12.7 Å². The Balaban J connectivity index is 1.84. The number of hydrogen-bond acceptors (Lipinski definition) is 1. The van der Waals surface area contributed by atoms with Crippen LogP contribution in [0.3, 0.4) is 0 Å². The lowest BCUT2D eigenvalue weighted by Crippen LogP contribution is -1.90. The molecule has 0 N–H and O–H groups in total. The zero-order valence-electron chi connectivity index (χ0n) is 8.65. The van der Waals surface area contributed by atoms with Crippen LogP contribution in [0.25, 0.3) is 10.8 Å². The second kappa shape index (κ2) is 3.67. The average molecular weight is 198 g/mol. The van der Waals surface area contributed by atoms with Gasteiger partial charge in [-0.05, 0) is 29.2 Å². The van der Waals surface area contributed by atoms with Gasteiger partial charge < -0.3 is 4.74 Å². The molecule has 0 amide bonds. The molecule has 2 aromatic rings. The van der Waals surface area contributed by atoms with Gasteiger partial charge in [-0.25, -0.2) is 0 Å². The topological polar surface area (TPSA) is 12.5 Å². The lowest BCUT2D eigenvalue weighted by molar-refractivity contribution is 0.397. The van der Waals surface area contributed by atoms with Gasteiger partial charge >= 0.3 is 0 Å². The zero-order valence-corrected chi connectivity index (χ0v) is 8.65. The maximum Gasteiger partial charge on any atom is 0.0813 e. The van der Waals surface area contributed by atoms with Gasteiger partial charge in [-0.1, -0.05) is 42.5 Å². The van der Waals surface area contributed by atoms with Crippen molar-refractivity contribution in [2.75, 3.05) is 6.61 Å². The number of rotatable bonds is 3. The molecule has 2 aromatic carbocycles. The summed E-state index contributed by atoms with van der Waals surface area (Å²) in [6.07, 6.45) is 2.84. The number of epoxide rings is 1. The highest BCUT2D eigenvalue weighted by Crippen LogP contribution is 2.20. The Morgan fingerprint density at radius 1 is 1.07 bits per heavy atom. The Labute approximate surface area is 89.7 Å². The Morgan fingerprint density at radius 2 is 1.87 bits per heavy atom. The van der Waals surface area contributed by atoms with Crippen LogP contribution in [0.1, 0.15) is 12.0 Å². The molecule has 1 fully saturated rings. The second-order valence-electron chi connectivity index (χ2n) is 4.18. The molecule has 0 aromatic heterocycles. The van der Waals surface area contributed by atoms with Gasteiger partial charge in [0.15, 0.2) is 0 Å². The van der Waals surface area contributed by atoms with Crippen LogP contribution in [0.5, 0.6) is 0 Å². The van der Waals surface area contributed by atoms with E-state index in [9.17, 15) is 0 Å². The fourth-order valence-corrected chi connectivity index (χ4v) is 1.96. The summed E-state index contributed by atoms with van der Waals surface area (Å²) >= 11 is 0. The minimum absolute atomic E-state index is 0.538. The molecule has 0 spiro atoms. The van der Waals surface area contributed by atoms with Crippen molar-refractivity contribution >= 4 is 10.8 Å². The lowest BCUT2D eigenvalue weighted by atomic mass is 10.0. The first-order valence-corrected chi connectivity index (χ1v) is 5.51. The van der Waals surface area contributed by atoms with E-state index < -0.39 is 0 Å². The van der Waals surface area contributed by atoms with Crippen LogP contribution in [0.15, 0.2) is 42.5 Å². The van der Waals surface area contributed by atoms with Crippen molar-refractivity contribution in [2.45, 2.75) is 18.9 Å². The maximum absolute atomic E-state index is 5.22. The van der Waals surface area contributed by atoms with Gasteiger partial charge in [0.1, 0.15) is 0 Å². The van der Waals surface area contributed by atoms with E-state index in [-0.39, 0.29) is 0 Å². The fraction of sp³-hybridized carbons (Fsp3) is 0.286. The van der Waals surface area contributed by atoms with Crippen LogP contribution in [0.2, 0.25) is 0 Å². The third kappa shape index (κ3) is 2.02. The molecule has 1 aliphatic heterocycles. The molecule has 0 saturated carbocycles. The van der Waals surface area contributed by atoms with Crippen molar-refractivity contribution in [2.24, 2.45) is 0 Å². The van der Waals surface area contributed by atoms with E-state index in [0.717, 1.165) is 13.0 Å². The Bertz CT molecular complexity index is 471. The molecular formula is C14H14O. The smallest absolute Gasteiger partial charge is 0.0813 e. The van der Waals surface area contributed by atoms with E-state index >= 15 is 0 Å². The predicted octanol–water partition coefficient (Wildman–Crippen LogP) is 3.17. The molecule has 3 rings (SSSR count). The van der Waals surface area contributed by atoms with Crippen LogP contribution in [0, 0.1) is 0 Å². The molecule has 15 heavy (non-hydrogen) atoms. The van der Waals surface area contributed by atoms with Crippen molar-refractivity contribution in [1.82, 2.24) is 0 Å². The number of aryl methyl sites for hydroxylation is 1. The Kier molecular flexibility index (Phi) is 2.18. The third-order valence-electron chi connectivity index (χ3n) is 2.97. The molecule has 1 nitrogen and oxygen atoms in total. The maximum atomic E-state index is 5.22. The van der Waals surface area contributed by atoms with Gasteiger partial charge in [-0.2, -0.15) is 0 Å².